The maximum absolute atomic E-state index is 11.5. The third kappa shape index (κ3) is 6.52. The average Bonchev–Trinajstić information content (AvgIpc) is 2.01. The van der Waals surface area contributed by atoms with E-state index in [1.165, 1.54) is 0 Å². The van der Waals surface area contributed by atoms with E-state index >= 15 is 0 Å². The Bertz CT molecular complexity index is 194. The van der Waals surface area contributed by atoms with Gasteiger partial charge in [-0.2, -0.15) is 0 Å². The molecule has 0 spiro atoms. The van der Waals surface area contributed by atoms with Crippen molar-refractivity contribution in [3.63, 3.8) is 0 Å². The largest absolute Gasteiger partial charge is 0.333 e. The molecule has 0 saturated heterocycles. The molecular formula is C11H22N2O. The molecule has 0 saturated carbocycles. The lowest BCUT2D eigenvalue weighted by Gasteiger charge is -2.25. The van der Waals surface area contributed by atoms with E-state index in [-0.39, 0.29) is 11.6 Å². The summed E-state index contributed by atoms with van der Waals surface area (Å²) in [6.07, 6.45) is 3.79. The van der Waals surface area contributed by atoms with Gasteiger partial charge in [0.1, 0.15) is 0 Å². The fourth-order valence-corrected chi connectivity index (χ4v) is 0.991. The van der Waals surface area contributed by atoms with Crippen LogP contribution in [0.15, 0.2) is 12.7 Å². The van der Waals surface area contributed by atoms with Gasteiger partial charge in [0.05, 0.1) is 0 Å². The highest BCUT2D eigenvalue weighted by Crippen LogP contribution is 2.01. The molecule has 82 valence electrons. The summed E-state index contributed by atoms with van der Waals surface area (Å²) >= 11 is 0. The zero-order chi connectivity index (χ0) is 11.2. The Morgan fingerprint density at radius 3 is 2.50 bits per heavy atom. The van der Waals surface area contributed by atoms with Crippen LogP contribution in [0.2, 0.25) is 0 Å². The van der Waals surface area contributed by atoms with Crippen LogP contribution in [-0.2, 0) is 0 Å². The molecule has 3 heteroatoms. The first kappa shape index (κ1) is 13.0. The topological polar surface area (TPSA) is 32.3 Å². The number of amides is 2. The van der Waals surface area contributed by atoms with Crippen molar-refractivity contribution in [2.24, 2.45) is 0 Å². The van der Waals surface area contributed by atoms with Crippen molar-refractivity contribution in [1.29, 1.82) is 0 Å². The van der Waals surface area contributed by atoms with Crippen LogP contribution in [-0.4, -0.2) is 30.1 Å². The molecule has 2 amide bonds. The summed E-state index contributed by atoms with van der Waals surface area (Å²) in [7, 11) is 1.81. The summed E-state index contributed by atoms with van der Waals surface area (Å²) in [5.41, 5.74) is -0.163. The van der Waals surface area contributed by atoms with Crippen LogP contribution < -0.4 is 5.32 Å². The lowest BCUT2D eigenvalue weighted by atomic mass is 10.1. The molecule has 0 bridgehead atoms. The first-order valence-corrected chi connectivity index (χ1v) is 5.01. The second-order valence-electron chi connectivity index (χ2n) is 4.53. The average molecular weight is 198 g/mol. The van der Waals surface area contributed by atoms with Crippen molar-refractivity contribution in [2.75, 3.05) is 13.6 Å². The highest BCUT2D eigenvalue weighted by molar-refractivity contribution is 5.74. The summed E-state index contributed by atoms with van der Waals surface area (Å²) in [5.74, 6) is 0. The summed E-state index contributed by atoms with van der Waals surface area (Å²) in [6, 6.07) is -0.0124. The molecule has 0 aliphatic heterocycles. The molecule has 1 N–H and O–H groups in total. The quantitative estimate of drug-likeness (QED) is 0.546. The molecule has 0 aromatic heterocycles. The van der Waals surface area contributed by atoms with E-state index in [0.29, 0.717) is 0 Å². The van der Waals surface area contributed by atoms with Crippen molar-refractivity contribution in [3.05, 3.63) is 12.7 Å². The number of rotatable bonds is 4. The smallest absolute Gasteiger partial charge is 0.317 e. The third-order valence-electron chi connectivity index (χ3n) is 1.73. The van der Waals surface area contributed by atoms with Gasteiger partial charge >= 0.3 is 6.03 Å². The highest BCUT2D eigenvalue weighted by atomic mass is 16.2. The summed E-state index contributed by atoms with van der Waals surface area (Å²) < 4.78 is 0. The van der Waals surface area contributed by atoms with Gasteiger partial charge in [-0.05, 0) is 33.6 Å². The minimum absolute atomic E-state index is 0.0124. The Kier molecular flexibility index (Phi) is 5.28. The van der Waals surface area contributed by atoms with Gasteiger partial charge in [-0.3, -0.25) is 0 Å². The van der Waals surface area contributed by atoms with Crippen LogP contribution in [0.5, 0.6) is 0 Å². The lowest BCUT2D eigenvalue weighted by molar-refractivity contribution is 0.199. The molecule has 0 atom stereocenters. The van der Waals surface area contributed by atoms with Crippen molar-refractivity contribution in [2.45, 2.75) is 39.2 Å². The Hall–Kier alpha value is -0.990. The van der Waals surface area contributed by atoms with Crippen LogP contribution in [0.3, 0.4) is 0 Å². The zero-order valence-corrected chi connectivity index (χ0v) is 9.76. The molecule has 0 aromatic rings. The number of carbonyl (C=O) groups excluding carboxylic acids is 1. The number of hydrogen-bond donors (Lipinski definition) is 1. The number of unbranched alkanes of at least 4 members (excludes halogenated alkanes) is 1. The molecule has 3 nitrogen and oxygen atoms in total. The second-order valence-corrected chi connectivity index (χ2v) is 4.53. The molecule has 0 unspecified atom stereocenters. The van der Waals surface area contributed by atoms with Crippen LogP contribution in [0.4, 0.5) is 4.79 Å². The molecule has 0 aromatic carbocycles. The molecule has 0 aliphatic carbocycles. The van der Waals surface area contributed by atoms with Gasteiger partial charge in [0, 0.05) is 19.1 Å². The van der Waals surface area contributed by atoms with E-state index in [4.69, 9.17) is 0 Å². The fraction of sp³-hybridized carbons (Fsp3) is 0.727. The van der Waals surface area contributed by atoms with E-state index in [2.05, 4.69) is 11.9 Å². The minimum Gasteiger partial charge on any atom is -0.333 e. The van der Waals surface area contributed by atoms with E-state index in [0.717, 1.165) is 19.4 Å². The lowest BCUT2D eigenvalue weighted by Crippen LogP contribution is -2.47. The monoisotopic (exact) mass is 198 g/mol. The maximum Gasteiger partial charge on any atom is 0.317 e. The van der Waals surface area contributed by atoms with Crippen molar-refractivity contribution >= 4 is 6.03 Å². The van der Waals surface area contributed by atoms with Gasteiger partial charge in [-0.1, -0.05) is 6.08 Å². The molecule has 0 aliphatic rings. The predicted octanol–water partition coefficient (Wildman–Crippen LogP) is 2.39. The van der Waals surface area contributed by atoms with Gasteiger partial charge in [-0.15, -0.1) is 6.58 Å². The molecule has 0 fully saturated rings. The first-order chi connectivity index (χ1) is 6.37. The summed E-state index contributed by atoms with van der Waals surface area (Å²) in [4.78, 5) is 13.2. The molecule has 0 heterocycles. The van der Waals surface area contributed by atoms with Crippen molar-refractivity contribution in [3.8, 4) is 0 Å². The third-order valence-corrected chi connectivity index (χ3v) is 1.73. The molecule has 14 heavy (non-hydrogen) atoms. The number of carbonyl (C=O) groups is 1. The van der Waals surface area contributed by atoms with Gasteiger partial charge in [-0.25, -0.2) is 4.79 Å². The van der Waals surface area contributed by atoms with Crippen molar-refractivity contribution < 1.29 is 4.79 Å². The number of allylic oxidation sites excluding steroid dienone is 1. The summed E-state index contributed by atoms with van der Waals surface area (Å²) in [6.45, 7) is 10.3. The Morgan fingerprint density at radius 1 is 1.50 bits per heavy atom. The number of hydrogen-bond acceptors (Lipinski definition) is 1. The van der Waals surface area contributed by atoms with E-state index in [9.17, 15) is 4.79 Å². The van der Waals surface area contributed by atoms with E-state index in [1.807, 2.05) is 33.9 Å². The number of urea groups is 1. The molecule has 0 radical (unpaired) electrons. The SMILES string of the molecule is C=CCCCN(C)C(=O)NC(C)(C)C. The zero-order valence-electron chi connectivity index (χ0n) is 9.76. The standard InChI is InChI=1S/C11H22N2O/c1-6-7-8-9-13(5)10(14)12-11(2,3)4/h6H,1,7-9H2,2-5H3,(H,12,14). The van der Waals surface area contributed by atoms with Gasteiger partial charge in [0.25, 0.3) is 0 Å². The number of nitrogens with zero attached hydrogens (tertiary/aromatic N) is 1. The normalized spacial score (nSPS) is 10.9. The number of nitrogens with one attached hydrogen (secondary N) is 1. The maximum atomic E-state index is 11.5. The van der Waals surface area contributed by atoms with E-state index < -0.39 is 0 Å². The van der Waals surface area contributed by atoms with E-state index in [1.54, 1.807) is 4.90 Å². The minimum atomic E-state index is -0.163. The van der Waals surface area contributed by atoms with Crippen LogP contribution in [0, 0.1) is 0 Å². The predicted molar refractivity (Wildman–Crippen MR) is 60.3 cm³/mol. The first-order valence-electron chi connectivity index (χ1n) is 5.01. The Labute approximate surface area is 87.2 Å². The van der Waals surface area contributed by atoms with Gasteiger partial charge in [0.2, 0.25) is 0 Å². The Balaban J connectivity index is 3.82. The molecular weight excluding hydrogens is 176 g/mol. The van der Waals surface area contributed by atoms with Gasteiger partial charge < -0.3 is 10.2 Å². The second kappa shape index (κ2) is 5.68. The summed E-state index contributed by atoms with van der Waals surface area (Å²) in [5, 5.41) is 2.91. The van der Waals surface area contributed by atoms with Crippen LogP contribution in [0.25, 0.3) is 0 Å². The highest BCUT2D eigenvalue weighted by Gasteiger charge is 2.16. The molecule has 0 rings (SSSR count). The van der Waals surface area contributed by atoms with Crippen LogP contribution in [0.1, 0.15) is 33.6 Å². The van der Waals surface area contributed by atoms with Crippen molar-refractivity contribution in [1.82, 2.24) is 10.2 Å². The Morgan fingerprint density at radius 2 is 2.07 bits per heavy atom. The van der Waals surface area contributed by atoms with Crippen LogP contribution >= 0.6 is 0 Å². The fourth-order valence-electron chi connectivity index (χ4n) is 0.991. The van der Waals surface area contributed by atoms with Gasteiger partial charge in [0.15, 0.2) is 0 Å².